The Morgan fingerprint density at radius 3 is 2.43 bits per heavy atom. The van der Waals surface area contributed by atoms with Gasteiger partial charge in [-0.1, -0.05) is 6.07 Å². The lowest BCUT2D eigenvalue weighted by Gasteiger charge is -2.20. The zero-order valence-electron chi connectivity index (χ0n) is 16.0. The van der Waals surface area contributed by atoms with Crippen molar-refractivity contribution in [2.24, 2.45) is 5.14 Å². The number of amides is 1. The highest BCUT2D eigenvalue weighted by Crippen LogP contribution is 2.29. The maximum Gasteiger partial charge on any atom is 0.254 e. The zero-order chi connectivity index (χ0) is 21.3. The van der Waals surface area contributed by atoms with Crippen LogP contribution in [0.2, 0.25) is 0 Å². The van der Waals surface area contributed by atoms with E-state index >= 15 is 0 Å². The molecule has 0 bridgehead atoms. The van der Waals surface area contributed by atoms with Gasteiger partial charge in [-0.3, -0.25) is 4.79 Å². The molecule has 30 heavy (non-hydrogen) atoms. The summed E-state index contributed by atoms with van der Waals surface area (Å²) in [6.45, 7) is 1.13. The first-order chi connectivity index (χ1) is 14.3. The summed E-state index contributed by atoms with van der Waals surface area (Å²) >= 11 is 0. The maximum absolute atomic E-state index is 13.0. The molecule has 8 nitrogen and oxygen atoms in total. The van der Waals surface area contributed by atoms with Crippen molar-refractivity contribution in [1.82, 2.24) is 9.88 Å². The number of benzene rings is 2. The average molecular weight is 424 g/mol. The number of nitrogen functional groups attached to an aromatic ring is 1. The van der Waals surface area contributed by atoms with Crippen molar-refractivity contribution in [3.63, 3.8) is 0 Å². The summed E-state index contributed by atoms with van der Waals surface area (Å²) in [4.78, 5) is 18.7. The smallest absolute Gasteiger partial charge is 0.254 e. The van der Waals surface area contributed by atoms with Gasteiger partial charge in [-0.05, 0) is 54.1 Å². The summed E-state index contributed by atoms with van der Waals surface area (Å²) in [5.41, 5.74) is 8.76. The number of anilines is 1. The number of ether oxygens (including phenoxy) is 1. The predicted molar refractivity (Wildman–Crippen MR) is 112 cm³/mol. The topological polar surface area (TPSA) is 129 Å². The van der Waals surface area contributed by atoms with Crippen molar-refractivity contribution in [3.8, 4) is 16.9 Å². The number of hydrogen-bond donors (Lipinski definition) is 2. The van der Waals surface area contributed by atoms with Gasteiger partial charge in [-0.25, -0.2) is 18.5 Å². The van der Waals surface area contributed by atoms with Crippen LogP contribution in [0.5, 0.6) is 5.75 Å². The number of carbonyl (C=O) groups excluding carboxylic acids is 1. The molecule has 4 N–H and O–H groups in total. The Balaban J connectivity index is 1.60. The predicted octanol–water partition coefficient (Wildman–Crippen LogP) is 2.01. The van der Waals surface area contributed by atoms with Gasteiger partial charge in [0.25, 0.3) is 5.91 Å². The van der Waals surface area contributed by atoms with Gasteiger partial charge < -0.3 is 15.4 Å². The fourth-order valence-electron chi connectivity index (χ4n) is 3.29. The van der Waals surface area contributed by atoms with E-state index in [1.807, 2.05) is 24.3 Å². The van der Waals surface area contributed by atoms with E-state index in [4.69, 9.17) is 15.6 Å². The van der Waals surface area contributed by atoms with Crippen LogP contribution in [0, 0.1) is 0 Å². The first-order valence-corrected chi connectivity index (χ1v) is 10.8. The summed E-state index contributed by atoms with van der Waals surface area (Å²) in [6.07, 6.45) is 1.70. The van der Waals surface area contributed by atoms with Gasteiger partial charge in [0.1, 0.15) is 18.2 Å². The molecular weight excluding hydrogens is 404 g/mol. The molecule has 0 radical (unpaired) electrons. The molecule has 0 atom stereocenters. The molecule has 1 amide bonds. The van der Waals surface area contributed by atoms with Crippen molar-refractivity contribution in [2.75, 3.05) is 18.9 Å². The number of hydrogen-bond acceptors (Lipinski definition) is 6. The van der Waals surface area contributed by atoms with Gasteiger partial charge in [0.05, 0.1) is 11.4 Å². The first-order valence-electron chi connectivity index (χ1n) is 9.21. The molecule has 4 rings (SSSR count). The molecule has 0 aliphatic carbocycles. The van der Waals surface area contributed by atoms with Crippen LogP contribution in [0.15, 0.2) is 65.7 Å². The van der Waals surface area contributed by atoms with E-state index in [-0.39, 0.29) is 10.8 Å². The molecule has 1 aromatic heterocycles. The molecule has 0 spiro atoms. The molecular formula is C21H20N4O4S. The molecule has 3 aromatic rings. The van der Waals surface area contributed by atoms with Crippen LogP contribution < -0.4 is 15.6 Å². The number of nitrogens with zero attached hydrogens (tertiary/aromatic N) is 2. The standard InChI is InChI=1S/C21H20N4O4S/c22-20-8-4-16(12-24-20)15-3-7-19-17(11-15)13-25(9-10-29-19)21(26)14-1-5-18(6-2-14)30(23,27)28/h1-8,11-12H,9-10,13H2,(H2,22,24)(H2,23,27,28). The third-order valence-corrected chi connectivity index (χ3v) is 5.81. The summed E-state index contributed by atoms with van der Waals surface area (Å²) in [5.74, 6) is 0.955. The highest BCUT2D eigenvalue weighted by Gasteiger charge is 2.22. The summed E-state index contributed by atoms with van der Waals surface area (Å²) < 4.78 is 28.7. The second kappa shape index (κ2) is 7.77. The highest BCUT2D eigenvalue weighted by molar-refractivity contribution is 7.89. The monoisotopic (exact) mass is 424 g/mol. The molecule has 9 heteroatoms. The number of carbonyl (C=O) groups is 1. The number of fused-ring (bicyclic) bond motifs is 1. The number of rotatable bonds is 3. The SMILES string of the molecule is Nc1ccc(-c2ccc3c(c2)CN(C(=O)c2ccc(S(N)(=O)=O)cc2)CCO3)cn1. The second-order valence-corrected chi connectivity index (χ2v) is 8.50. The summed E-state index contributed by atoms with van der Waals surface area (Å²) in [6, 6.07) is 15.0. The molecule has 2 aromatic carbocycles. The fraction of sp³-hybridized carbons (Fsp3) is 0.143. The van der Waals surface area contributed by atoms with Crippen molar-refractivity contribution < 1.29 is 17.9 Å². The number of aromatic nitrogens is 1. The Hall–Kier alpha value is -3.43. The van der Waals surface area contributed by atoms with E-state index in [0.717, 1.165) is 22.4 Å². The molecule has 0 saturated heterocycles. The summed E-state index contributed by atoms with van der Waals surface area (Å²) in [7, 11) is -3.81. The normalized spacial score (nSPS) is 13.8. The fourth-order valence-corrected chi connectivity index (χ4v) is 3.81. The highest BCUT2D eigenvalue weighted by atomic mass is 32.2. The van der Waals surface area contributed by atoms with E-state index in [0.29, 0.717) is 31.1 Å². The van der Waals surface area contributed by atoms with Crippen LogP contribution >= 0.6 is 0 Å². The third kappa shape index (κ3) is 4.12. The minimum atomic E-state index is -3.81. The van der Waals surface area contributed by atoms with Crippen molar-refractivity contribution in [3.05, 3.63) is 71.9 Å². The molecule has 0 unspecified atom stereocenters. The van der Waals surface area contributed by atoms with Crippen molar-refractivity contribution >= 4 is 21.7 Å². The van der Waals surface area contributed by atoms with Crippen LogP contribution in [0.4, 0.5) is 5.82 Å². The Morgan fingerprint density at radius 2 is 1.77 bits per heavy atom. The maximum atomic E-state index is 13.0. The minimum absolute atomic E-state index is 0.0367. The lowest BCUT2D eigenvalue weighted by Crippen LogP contribution is -2.32. The van der Waals surface area contributed by atoms with Crippen LogP contribution in [-0.4, -0.2) is 37.4 Å². The van der Waals surface area contributed by atoms with Crippen LogP contribution in [0.3, 0.4) is 0 Å². The minimum Gasteiger partial charge on any atom is -0.491 e. The van der Waals surface area contributed by atoms with Gasteiger partial charge in [-0.15, -0.1) is 0 Å². The van der Waals surface area contributed by atoms with Crippen LogP contribution in [0.1, 0.15) is 15.9 Å². The first kappa shape index (κ1) is 19.9. The van der Waals surface area contributed by atoms with Gasteiger partial charge in [0.15, 0.2) is 0 Å². The van der Waals surface area contributed by atoms with Crippen molar-refractivity contribution in [2.45, 2.75) is 11.4 Å². The Bertz CT molecular complexity index is 1190. The quantitative estimate of drug-likeness (QED) is 0.662. The largest absolute Gasteiger partial charge is 0.491 e. The number of sulfonamides is 1. The zero-order valence-corrected chi connectivity index (χ0v) is 16.8. The van der Waals surface area contributed by atoms with E-state index in [1.54, 1.807) is 17.2 Å². The average Bonchev–Trinajstić information content (AvgIpc) is 2.95. The van der Waals surface area contributed by atoms with E-state index in [2.05, 4.69) is 4.98 Å². The second-order valence-electron chi connectivity index (χ2n) is 6.94. The number of nitrogens with two attached hydrogens (primary N) is 2. The van der Waals surface area contributed by atoms with Gasteiger partial charge in [-0.2, -0.15) is 0 Å². The molecule has 154 valence electrons. The van der Waals surface area contributed by atoms with Gasteiger partial charge in [0.2, 0.25) is 10.0 Å². The van der Waals surface area contributed by atoms with Crippen LogP contribution in [0.25, 0.3) is 11.1 Å². The van der Waals surface area contributed by atoms with Crippen LogP contribution in [-0.2, 0) is 16.6 Å². The Morgan fingerprint density at radius 1 is 1.03 bits per heavy atom. The molecule has 2 heterocycles. The lowest BCUT2D eigenvalue weighted by atomic mass is 10.0. The summed E-state index contributed by atoms with van der Waals surface area (Å²) in [5, 5.41) is 5.12. The molecule has 0 saturated carbocycles. The third-order valence-electron chi connectivity index (χ3n) is 4.88. The van der Waals surface area contributed by atoms with E-state index in [1.165, 1.54) is 24.3 Å². The van der Waals surface area contributed by atoms with Gasteiger partial charge in [0, 0.05) is 29.4 Å². The molecule has 1 aliphatic rings. The molecule has 1 aliphatic heterocycles. The van der Waals surface area contributed by atoms with Crippen molar-refractivity contribution in [1.29, 1.82) is 0 Å². The Kier molecular flexibility index (Phi) is 5.15. The molecule has 0 fully saturated rings. The van der Waals surface area contributed by atoms with E-state index in [9.17, 15) is 13.2 Å². The van der Waals surface area contributed by atoms with Gasteiger partial charge >= 0.3 is 0 Å². The lowest BCUT2D eigenvalue weighted by molar-refractivity contribution is 0.0733. The number of primary sulfonamides is 1. The van der Waals surface area contributed by atoms with E-state index < -0.39 is 10.0 Å². The number of pyridine rings is 1. The Labute approximate surface area is 174 Å².